The van der Waals surface area contributed by atoms with Crippen LogP contribution in [-0.2, 0) is 0 Å². The molecule has 5 heteroatoms. The molecule has 4 rings (SSSR count). The molecule has 0 saturated carbocycles. The largest absolute Gasteiger partial charge is 0.495 e. The van der Waals surface area contributed by atoms with Gasteiger partial charge in [-0.2, -0.15) is 0 Å². The van der Waals surface area contributed by atoms with Crippen molar-refractivity contribution in [2.75, 3.05) is 13.7 Å². The molecule has 4 aromatic rings. The van der Waals surface area contributed by atoms with Crippen molar-refractivity contribution in [3.63, 3.8) is 0 Å². The van der Waals surface area contributed by atoms with E-state index < -0.39 is 0 Å². The van der Waals surface area contributed by atoms with E-state index in [2.05, 4.69) is 34.6 Å². The van der Waals surface area contributed by atoms with E-state index in [1.807, 2.05) is 66.2 Å². The van der Waals surface area contributed by atoms with Crippen molar-refractivity contribution < 1.29 is 9.53 Å². The normalized spacial score (nSPS) is 10.8. The molecule has 0 saturated heterocycles. The maximum Gasteiger partial charge on any atom is 0.251 e. The van der Waals surface area contributed by atoms with Crippen LogP contribution in [0.3, 0.4) is 0 Å². The number of hydrogen-bond donors (Lipinski definition) is 1. The highest BCUT2D eigenvalue weighted by atomic mass is 16.5. The number of carbonyl (C=O) groups excluding carboxylic acids is 1. The average molecular weight is 412 g/mol. The Hall–Kier alpha value is -3.86. The van der Waals surface area contributed by atoms with Gasteiger partial charge in [-0.05, 0) is 36.2 Å². The maximum atomic E-state index is 12.9. The predicted octanol–water partition coefficient (Wildman–Crippen LogP) is 4.75. The number of methoxy groups -OCH3 is 1. The van der Waals surface area contributed by atoms with Gasteiger partial charge < -0.3 is 14.6 Å². The van der Waals surface area contributed by atoms with Gasteiger partial charge in [-0.3, -0.25) is 4.79 Å². The van der Waals surface area contributed by atoms with Crippen LogP contribution >= 0.6 is 0 Å². The number of nitrogens with zero attached hydrogens (tertiary/aromatic N) is 2. The third kappa shape index (κ3) is 4.67. The summed E-state index contributed by atoms with van der Waals surface area (Å²) in [7, 11) is 1.60. The molecule has 1 aromatic heterocycles. The molecule has 1 heterocycles. The van der Waals surface area contributed by atoms with Gasteiger partial charge in [0.25, 0.3) is 5.91 Å². The highest BCUT2D eigenvalue weighted by Crippen LogP contribution is 2.26. The SMILES string of the molecule is COc1cc(C(=O)NCC(c2ccccc2)c2ccccc2)ccc1-n1cnc(C)c1. The van der Waals surface area contributed by atoms with Crippen LogP contribution in [0.2, 0.25) is 0 Å². The zero-order valence-electron chi connectivity index (χ0n) is 17.7. The molecular formula is C26H25N3O2. The van der Waals surface area contributed by atoms with Crippen molar-refractivity contribution >= 4 is 5.91 Å². The second kappa shape index (κ2) is 9.30. The summed E-state index contributed by atoms with van der Waals surface area (Å²) in [5.74, 6) is 0.553. The number of nitrogens with one attached hydrogen (secondary N) is 1. The lowest BCUT2D eigenvalue weighted by Gasteiger charge is -2.19. The van der Waals surface area contributed by atoms with Gasteiger partial charge in [0.05, 0.1) is 24.8 Å². The van der Waals surface area contributed by atoms with E-state index >= 15 is 0 Å². The summed E-state index contributed by atoms with van der Waals surface area (Å²) in [6.07, 6.45) is 3.65. The van der Waals surface area contributed by atoms with Crippen molar-refractivity contribution in [2.24, 2.45) is 0 Å². The second-order valence-corrected chi connectivity index (χ2v) is 7.39. The summed E-state index contributed by atoms with van der Waals surface area (Å²) in [4.78, 5) is 17.2. The van der Waals surface area contributed by atoms with Crippen LogP contribution in [0.15, 0.2) is 91.4 Å². The average Bonchev–Trinajstić information content (AvgIpc) is 3.26. The van der Waals surface area contributed by atoms with Gasteiger partial charge in [0.2, 0.25) is 0 Å². The molecule has 0 bridgehead atoms. The number of aromatic nitrogens is 2. The lowest BCUT2D eigenvalue weighted by Crippen LogP contribution is -2.29. The number of amides is 1. The van der Waals surface area contributed by atoms with Crippen molar-refractivity contribution in [3.05, 3.63) is 114 Å². The van der Waals surface area contributed by atoms with E-state index in [0.717, 1.165) is 22.5 Å². The van der Waals surface area contributed by atoms with E-state index in [4.69, 9.17) is 4.74 Å². The molecule has 0 aliphatic heterocycles. The summed E-state index contributed by atoms with van der Waals surface area (Å²) >= 11 is 0. The van der Waals surface area contributed by atoms with Crippen LogP contribution < -0.4 is 10.1 Å². The Labute approximate surface area is 182 Å². The Morgan fingerprint density at radius 1 is 1.00 bits per heavy atom. The summed E-state index contributed by atoms with van der Waals surface area (Å²) < 4.78 is 7.42. The third-order valence-electron chi connectivity index (χ3n) is 5.30. The molecule has 0 unspecified atom stereocenters. The molecule has 0 spiro atoms. The van der Waals surface area contributed by atoms with Crippen LogP contribution in [-0.4, -0.2) is 29.1 Å². The fourth-order valence-electron chi connectivity index (χ4n) is 3.68. The van der Waals surface area contributed by atoms with Crippen molar-refractivity contribution in [3.8, 4) is 11.4 Å². The number of ether oxygens (including phenoxy) is 1. The lowest BCUT2D eigenvalue weighted by molar-refractivity contribution is 0.0952. The first-order valence-corrected chi connectivity index (χ1v) is 10.2. The summed E-state index contributed by atoms with van der Waals surface area (Å²) in [6, 6.07) is 25.9. The molecule has 1 amide bonds. The van der Waals surface area contributed by atoms with Crippen molar-refractivity contribution in [1.82, 2.24) is 14.9 Å². The third-order valence-corrected chi connectivity index (χ3v) is 5.30. The van der Waals surface area contributed by atoms with E-state index in [0.29, 0.717) is 17.9 Å². The van der Waals surface area contributed by atoms with Gasteiger partial charge in [0.1, 0.15) is 5.75 Å². The van der Waals surface area contributed by atoms with Crippen LogP contribution in [0.1, 0.15) is 33.1 Å². The first-order chi connectivity index (χ1) is 15.2. The number of rotatable bonds is 7. The van der Waals surface area contributed by atoms with Crippen molar-refractivity contribution in [1.29, 1.82) is 0 Å². The summed E-state index contributed by atoms with van der Waals surface area (Å²) in [5, 5.41) is 3.10. The van der Waals surface area contributed by atoms with Gasteiger partial charge >= 0.3 is 0 Å². The number of aryl methyl sites for hydroxylation is 1. The molecule has 0 atom stereocenters. The lowest BCUT2D eigenvalue weighted by atomic mass is 9.91. The predicted molar refractivity (Wildman–Crippen MR) is 122 cm³/mol. The van der Waals surface area contributed by atoms with Crippen LogP contribution in [0.5, 0.6) is 5.75 Å². The zero-order valence-corrected chi connectivity index (χ0v) is 17.7. The highest BCUT2D eigenvalue weighted by molar-refractivity contribution is 5.95. The van der Waals surface area contributed by atoms with Crippen LogP contribution in [0.4, 0.5) is 0 Å². The van der Waals surface area contributed by atoms with E-state index in [-0.39, 0.29) is 11.8 Å². The molecular weight excluding hydrogens is 386 g/mol. The number of hydrogen-bond acceptors (Lipinski definition) is 3. The van der Waals surface area contributed by atoms with Gasteiger partial charge in [-0.25, -0.2) is 4.98 Å². The molecule has 0 fully saturated rings. The first kappa shape index (κ1) is 20.4. The molecule has 1 N–H and O–H groups in total. The molecule has 0 aliphatic carbocycles. The Morgan fingerprint density at radius 2 is 1.65 bits per heavy atom. The van der Waals surface area contributed by atoms with E-state index in [1.54, 1.807) is 19.5 Å². The van der Waals surface area contributed by atoms with Crippen LogP contribution in [0, 0.1) is 6.92 Å². The molecule has 5 nitrogen and oxygen atoms in total. The molecule has 0 aliphatic rings. The minimum absolute atomic E-state index is 0.0708. The van der Waals surface area contributed by atoms with Crippen molar-refractivity contribution in [2.45, 2.75) is 12.8 Å². The Bertz CT molecular complexity index is 1110. The van der Waals surface area contributed by atoms with E-state index in [9.17, 15) is 4.79 Å². The summed E-state index contributed by atoms with van der Waals surface area (Å²) in [5.41, 5.74) is 4.63. The smallest absolute Gasteiger partial charge is 0.251 e. The highest BCUT2D eigenvalue weighted by Gasteiger charge is 2.17. The fraction of sp³-hybridized carbons (Fsp3) is 0.154. The van der Waals surface area contributed by atoms with Gasteiger partial charge in [0.15, 0.2) is 0 Å². The van der Waals surface area contributed by atoms with E-state index in [1.165, 1.54) is 0 Å². The maximum absolute atomic E-state index is 12.9. The Kier molecular flexibility index (Phi) is 6.13. The molecule has 0 radical (unpaired) electrons. The topological polar surface area (TPSA) is 56.1 Å². The monoisotopic (exact) mass is 411 g/mol. The Balaban J connectivity index is 1.54. The van der Waals surface area contributed by atoms with Crippen LogP contribution in [0.25, 0.3) is 5.69 Å². The van der Waals surface area contributed by atoms with Gasteiger partial charge in [0, 0.05) is 24.2 Å². The minimum Gasteiger partial charge on any atom is -0.495 e. The number of benzene rings is 3. The molecule has 3 aromatic carbocycles. The first-order valence-electron chi connectivity index (χ1n) is 10.2. The quantitative estimate of drug-likeness (QED) is 0.477. The molecule has 156 valence electrons. The van der Waals surface area contributed by atoms with Gasteiger partial charge in [-0.15, -0.1) is 0 Å². The number of imidazole rings is 1. The standard InChI is InChI=1S/C26H25N3O2/c1-19-17-29(18-28-19)24-14-13-22(15-25(24)31-2)26(30)27-16-23(20-9-5-3-6-10-20)21-11-7-4-8-12-21/h3-15,17-18,23H,16H2,1-2H3,(H,27,30). The second-order valence-electron chi connectivity index (χ2n) is 7.39. The summed E-state index contributed by atoms with van der Waals surface area (Å²) in [6.45, 7) is 2.43. The Morgan fingerprint density at radius 3 is 2.19 bits per heavy atom. The van der Waals surface area contributed by atoms with Gasteiger partial charge in [-0.1, -0.05) is 60.7 Å². The zero-order chi connectivity index (χ0) is 21.6. The number of carbonyl (C=O) groups is 1. The minimum atomic E-state index is -0.136. The molecule has 31 heavy (non-hydrogen) atoms. The fourth-order valence-corrected chi connectivity index (χ4v) is 3.68.